The zero-order chi connectivity index (χ0) is 22.4. The Hall–Kier alpha value is -4.13. The first kappa shape index (κ1) is 21.6. The molecule has 2 amide bonds. The molecule has 0 aliphatic carbocycles. The van der Waals surface area contributed by atoms with E-state index in [4.69, 9.17) is 10.5 Å². The van der Waals surface area contributed by atoms with Crippen molar-refractivity contribution in [1.29, 1.82) is 0 Å². The fourth-order valence-corrected chi connectivity index (χ4v) is 3.14. The predicted octanol–water partition coefficient (Wildman–Crippen LogP) is 4.43. The van der Waals surface area contributed by atoms with Crippen molar-refractivity contribution in [3.05, 3.63) is 73.1 Å². The number of carbonyl (C=O) groups excluding carboxylic acids is 2. The molecule has 0 bridgehead atoms. The first-order chi connectivity index (χ1) is 14.9. The molecule has 2 aromatic carbocycles. The van der Waals surface area contributed by atoms with Crippen LogP contribution in [0.4, 0.5) is 5.69 Å². The van der Waals surface area contributed by atoms with Crippen LogP contribution in [-0.2, 0) is 4.79 Å². The zero-order valence-electron chi connectivity index (χ0n) is 17.4. The van der Waals surface area contributed by atoms with Gasteiger partial charge in [-0.2, -0.15) is 0 Å². The van der Waals surface area contributed by atoms with E-state index in [1.807, 2.05) is 44.2 Å². The van der Waals surface area contributed by atoms with Crippen molar-refractivity contribution in [2.75, 3.05) is 11.9 Å². The maximum absolute atomic E-state index is 11.9. The summed E-state index contributed by atoms with van der Waals surface area (Å²) in [4.78, 5) is 31.0. The number of H-pyrrole nitrogens is 1. The van der Waals surface area contributed by atoms with Crippen LogP contribution in [0, 0.1) is 0 Å². The van der Waals surface area contributed by atoms with Gasteiger partial charge in [-0.05, 0) is 55.3 Å². The lowest BCUT2D eigenvalue weighted by Crippen LogP contribution is -2.11. The highest BCUT2D eigenvalue weighted by Crippen LogP contribution is 2.34. The van der Waals surface area contributed by atoms with Crippen molar-refractivity contribution in [3.63, 3.8) is 0 Å². The molecule has 31 heavy (non-hydrogen) atoms. The summed E-state index contributed by atoms with van der Waals surface area (Å²) in [6.07, 6.45) is 6.49. The van der Waals surface area contributed by atoms with Crippen LogP contribution >= 0.6 is 0 Å². The number of aromatic amines is 1. The molecule has 4 N–H and O–H groups in total. The van der Waals surface area contributed by atoms with Gasteiger partial charge in [0, 0.05) is 29.5 Å². The number of benzene rings is 2. The van der Waals surface area contributed by atoms with E-state index in [0.717, 1.165) is 22.2 Å². The Kier molecular flexibility index (Phi) is 6.67. The van der Waals surface area contributed by atoms with Crippen molar-refractivity contribution in [2.45, 2.75) is 13.8 Å². The van der Waals surface area contributed by atoms with E-state index >= 15 is 0 Å². The smallest absolute Gasteiger partial charge is 0.250 e. The van der Waals surface area contributed by atoms with Gasteiger partial charge in [-0.3, -0.25) is 14.6 Å². The summed E-state index contributed by atoms with van der Waals surface area (Å²) in [5.41, 5.74) is 9.59. The van der Waals surface area contributed by atoms with Gasteiger partial charge in [0.05, 0.1) is 16.8 Å². The second-order valence-corrected chi connectivity index (χ2v) is 6.87. The molecule has 0 saturated heterocycles. The maximum atomic E-state index is 11.9. The quantitative estimate of drug-likeness (QED) is 0.373. The van der Waals surface area contributed by atoms with Crippen molar-refractivity contribution in [3.8, 4) is 16.9 Å². The standard InChI is InChI=1S/C24H24N4O3/c1-4-9-26-15(3)14-31-18-12-16(11-17(13-18)28-22(29)5-2)19-6-7-21(24(25)30)23-20(19)8-10-27-23/h4-13,27H,2,14H2,1,3H3,(H2,25,30)(H,28,29)/b9-4-,26-15+. The first-order valence-corrected chi connectivity index (χ1v) is 9.69. The van der Waals surface area contributed by atoms with E-state index in [0.29, 0.717) is 29.1 Å². The van der Waals surface area contributed by atoms with Crippen LogP contribution in [0.1, 0.15) is 24.2 Å². The predicted molar refractivity (Wildman–Crippen MR) is 124 cm³/mol. The Bertz CT molecular complexity index is 1200. The number of fused-ring (bicyclic) bond motifs is 1. The Morgan fingerprint density at radius 1 is 1.26 bits per heavy atom. The maximum Gasteiger partial charge on any atom is 0.250 e. The lowest BCUT2D eigenvalue weighted by Gasteiger charge is -2.13. The van der Waals surface area contributed by atoms with E-state index < -0.39 is 5.91 Å². The van der Waals surface area contributed by atoms with Crippen molar-refractivity contribution >= 4 is 34.1 Å². The first-order valence-electron chi connectivity index (χ1n) is 9.69. The molecule has 3 aromatic rings. The molecule has 0 fully saturated rings. The van der Waals surface area contributed by atoms with Crippen LogP contribution in [0.5, 0.6) is 5.75 Å². The van der Waals surface area contributed by atoms with E-state index in [1.54, 1.807) is 24.5 Å². The van der Waals surface area contributed by atoms with Gasteiger partial charge in [0.25, 0.3) is 5.91 Å². The number of ether oxygens (including phenoxy) is 1. The average molecular weight is 416 g/mol. The topological polar surface area (TPSA) is 110 Å². The Labute approximate surface area is 180 Å². The van der Waals surface area contributed by atoms with E-state index in [9.17, 15) is 9.59 Å². The van der Waals surface area contributed by atoms with Gasteiger partial charge in [0.15, 0.2) is 0 Å². The summed E-state index contributed by atoms with van der Waals surface area (Å²) in [7, 11) is 0. The molecular formula is C24H24N4O3. The summed E-state index contributed by atoms with van der Waals surface area (Å²) < 4.78 is 5.91. The lowest BCUT2D eigenvalue weighted by atomic mass is 9.98. The summed E-state index contributed by atoms with van der Waals surface area (Å²) in [5.74, 6) is -0.273. The number of nitrogens with one attached hydrogen (secondary N) is 2. The Morgan fingerprint density at radius 3 is 2.77 bits per heavy atom. The number of nitrogens with two attached hydrogens (primary N) is 1. The molecule has 0 aliphatic heterocycles. The number of hydrogen-bond acceptors (Lipinski definition) is 4. The summed E-state index contributed by atoms with van der Waals surface area (Å²) in [6.45, 7) is 7.55. The third-order valence-corrected chi connectivity index (χ3v) is 4.55. The number of hydrogen-bond donors (Lipinski definition) is 3. The molecule has 0 saturated carbocycles. The fourth-order valence-electron chi connectivity index (χ4n) is 3.14. The van der Waals surface area contributed by atoms with Crippen LogP contribution in [0.25, 0.3) is 22.0 Å². The largest absolute Gasteiger partial charge is 0.488 e. The number of aliphatic imine (C=N–C) groups is 1. The van der Waals surface area contributed by atoms with Crippen LogP contribution in [0.3, 0.4) is 0 Å². The van der Waals surface area contributed by atoms with Gasteiger partial charge in [-0.25, -0.2) is 0 Å². The highest BCUT2D eigenvalue weighted by Gasteiger charge is 2.14. The minimum atomic E-state index is -0.508. The van der Waals surface area contributed by atoms with E-state index in [2.05, 4.69) is 21.9 Å². The molecule has 7 nitrogen and oxygen atoms in total. The molecule has 0 atom stereocenters. The zero-order valence-corrected chi connectivity index (χ0v) is 17.4. The highest BCUT2D eigenvalue weighted by molar-refractivity contribution is 6.09. The second-order valence-electron chi connectivity index (χ2n) is 6.87. The molecule has 0 aliphatic rings. The van der Waals surface area contributed by atoms with Crippen molar-refractivity contribution in [2.24, 2.45) is 10.7 Å². The molecule has 0 spiro atoms. The Balaban J connectivity index is 2.06. The number of anilines is 1. The third kappa shape index (κ3) is 5.08. The van der Waals surface area contributed by atoms with Gasteiger partial charge in [0.1, 0.15) is 12.4 Å². The van der Waals surface area contributed by atoms with Crippen molar-refractivity contribution < 1.29 is 14.3 Å². The molecular weight excluding hydrogens is 392 g/mol. The molecule has 0 unspecified atom stereocenters. The number of carbonyl (C=O) groups is 2. The van der Waals surface area contributed by atoms with Gasteiger partial charge < -0.3 is 20.8 Å². The Morgan fingerprint density at radius 2 is 2.06 bits per heavy atom. The summed E-state index contributed by atoms with van der Waals surface area (Å²) in [5, 5.41) is 3.61. The number of nitrogens with zero attached hydrogens (tertiary/aromatic N) is 1. The van der Waals surface area contributed by atoms with Gasteiger partial charge in [-0.1, -0.05) is 18.7 Å². The molecule has 7 heteroatoms. The van der Waals surface area contributed by atoms with E-state index in [-0.39, 0.29) is 5.91 Å². The number of amides is 2. The number of allylic oxidation sites excluding steroid dienone is 1. The average Bonchev–Trinajstić information content (AvgIpc) is 3.25. The number of rotatable bonds is 8. The van der Waals surface area contributed by atoms with Gasteiger partial charge in [0.2, 0.25) is 5.91 Å². The lowest BCUT2D eigenvalue weighted by molar-refractivity contribution is -0.111. The van der Waals surface area contributed by atoms with E-state index in [1.165, 1.54) is 6.08 Å². The normalized spacial score (nSPS) is 11.6. The van der Waals surface area contributed by atoms with Crippen LogP contribution < -0.4 is 15.8 Å². The highest BCUT2D eigenvalue weighted by atomic mass is 16.5. The van der Waals surface area contributed by atoms with Crippen molar-refractivity contribution in [1.82, 2.24) is 4.98 Å². The van der Waals surface area contributed by atoms with Gasteiger partial charge >= 0.3 is 0 Å². The summed E-state index contributed by atoms with van der Waals surface area (Å²) >= 11 is 0. The fraction of sp³-hybridized carbons (Fsp3) is 0.125. The van der Waals surface area contributed by atoms with Crippen LogP contribution in [-0.4, -0.2) is 29.1 Å². The monoisotopic (exact) mass is 416 g/mol. The molecule has 3 rings (SSSR count). The SMILES string of the molecule is C=CC(=O)Nc1cc(OC/C(C)=N/C=C\C)cc(-c2ccc(C(N)=O)c3[nH]ccc23)c1. The molecule has 1 aromatic heterocycles. The molecule has 1 heterocycles. The third-order valence-electron chi connectivity index (χ3n) is 4.55. The summed E-state index contributed by atoms with van der Waals surface area (Å²) in [6, 6.07) is 10.8. The van der Waals surface area contributed by atoms with Crippen LogP contribution in [0.2, 0.25) is 0 Å². The molecule has 158 valence electrons. The van der Waals surface area contributed by atoms with Gasteiger partial charge in [-0.15, -0.1) is 0 Å². The minimum absolute atomic E-state index is 0.294. The number of aromatic nitrogens is 1. The number of primary amides is 1. The van der Waals surface area contributed by atoms with Crippen LogP contribution in [0.15, 0.2) is 72.5 Å². The second kappa shape index (κ2) is 9.58. The minimum Gasteiger partial charge on any atom is -0.488 e. The molecule has 0 radical (unpaired) electrons.